The number of amides is 1. The zero-order valence-electron chi connectivity index (χ0n) is 16.3. The van der Waals surface area contributed by atoms with Gasteiger partial charge in [-0.3, -0.25) is 10.3 Å². The van der Waals surface area contributed by atoms with Crippen LogP contribution in [-0.4, -0.2) is 32.3 Å². The third-order valence-electron chi connectivity index (χ3n) is 3.94. The van der Waals surface area contributed by atoms with Gasteiger partial charge in [0, 0.05) is 25.3 Å². The van der Waals surface area contributed by atoms with Crippen molar-refractivity contribution in [2.75, 3.05) is 19.5 Å². The van der Waals surface area contributed by atoms with Gasteiger partial charge in [0.25, 0.3) is 0 Å². The van der Waals surface area contributed by atoms with Gasteiger partial charge in [-0.2, -0.15) is 0 Å². The van der Waals surface area contributed by atoms with Crippen molar-refractivity contribution in [2.24, 2.45) is 4.99 Å². The van der Waals surface area contributed by atoms with Gasteiger partial charge in [0.05, 0.1) is 7.11 Å². The number of guanidine groups is 1. The molecule has 1 amide bonds. The van der Waals surface area contributed by atoms with Crippen LogP contribution in [0.2, 0.25) is 0 Å². The third-order valence-corrected chi connectivity index (χ3v) is 3.94. The number of nitrogens with zero attached hydrogens (tertiary/aromatic N) is 1. The van der Waals surface area contributed by atoms with Crippen molar-refractivity contribution in [3.63, 3.8) is 0 Å². The van der Waals surface area contributed by atoms with Crippen LogP contribution in [0.15, 0.2) is 29.3 Å². The van der Waals surface area contributed by atoms with Crippen molar-refractivity contribution in [3.05, 3.63) is 29.8 Å². The summed E-state index contributed by atoms with van der Waals surface area (Å²) in [6.45, 7) is 5.08. The molecule has 0 saturated carbocycles. The quantitative estimate of drug-likeness (QED) is 0.212. The highest BCUT2D eigenvalue weighted by molar-refractivity contribution is 14.0. The summed E-state index contributed by atoms with van der Waals surface area (Å²) in [6, 6.07) is 8.01. The van der Waals surface area contributed by atoms with E-state index in [-0.39, 0.29) is 24.0 Å². The van der Waals surface area contributed by atoms with E-state index in [0.717, 1.165) is 17.9 Å². The van der Waals surface area contributed by atoms with Crippen LogP contribution in [0, 0.1) is 0 Å². The summed E-state index contributed by atoms with van der Waals surface area (Å²) in [6.07, 6.45) is 5.78. The Kier molecular flexibility index (Phi) is 13.8. The molecule has 0 aliphatic carbocycles. The molecule has 1 aromatic rings. The summed E-state index contributed by atoms with van der Waals surface area (Å²) in [5.41, 5.74) is 1.81. The number of carbonyl (C=O) groups excluding carboxylic acids is 1. The highest BCUT2D eigenvalue weighted by Crippen LogP contribution is 2.10. The number of ether oxygens (including phenoxy) is 1. The molecule has 1 atom stereocenters. The van der Waals surface area contributed by atoms with Gasteiger partial charge in [0.1, 0.15) is 0 Å². The highest BCUT2D eigenvalue weighted by Gasteiger charge is 2.05. The Hall–Kier alpha value is -1.51. The molecule has 0 spiro atoms. The zero-order chi connectivity index (χ0) is 18.5. The fraction of sp³-hybridized carbons (Fsp3) is 0.579. The molecule has 0 aliphatic heterocycles. The predicted molar refractivity (Wildman–Crippen MR) is 119 cm³/mol. The summed E-state index contributed by atoms with van der Waals surface area (Å²) < 4.78 is 4.57. The molecule has 0 saturated heterocycles. The smallest absolute Gasteiger partial charge is 0.411 e. The zero-order valence-corrected chi connectivity index (χ0v) is 18.6. The minimum Gasteiger partial charge on any atom is -0.453 e. The molecule has 1 rings (SSSR count). The molecule has 26 heavy (non-hydrogen) atoms. The number of carbonyl (C=O) groups is 1. The molecular weight excluding hydrogens is 443 g/mol. The van der Waals surface area contributed by atoms with Gasteiger partial charge in [-0.1, -0.05) is 44.7 Å². The van der Waals surface area contributed by atoms with Gasteiger partial charge >= 0.3 is 6.09 Å². The van der Waals surface area contributed by atoms with Crippen LogP contribution in [0.4, 0.5) is 10.5 Å². The van der Waals surface area contributed by atoms with Crippen LogP contribution < -0.4 is 16.0 Å². The number of unbranched alkanes of at least 4 members (excludes halogenated alkanes) is 3. The maximum absolute atomic E-state index is 11.2. The Bertz CT molecular complexity index is 535. The van der Waals surface area contributed by atoms with Crippen molar-refractivity contribution in [1.29, 1.82) is 0 Å². The molecule has 3 N–H and O–H groups in total. The lowest BCUT2D eigenvalue weighted by molar-refractivity contribution is 0.187. The first-order chi connectivity index (χ1) is 12.1. The van der Waals surface area contributed by atoms with Crippen LogP contribution >= 0.6 is 24.0 Å². The minimum absolute atomic E-state index is 0. The van der Waals surface area contributed by atoms with E-state index in [0.29, 0.717) is 18.3 Å². The third kappa shape index (κ3) is 10.5. The van der Waals surface area contributed by atoms with Gasteiger partial charge in [-0.25, -0.2) is 4.79 Å². The second kappa shape index (κ2) is 14.6. The molecule has 0 aromatic heterocycles. The average molecular weight is 476 g/mol. The number of hydrogen-bond acceptors (Lipinski definition) is 3. The van der Waals surface area contributed by atoms with Gasteiger partial charge < -0.3 is 15.4 Å². The lowest BCUT2D eigenvalue weighted by atomic mass is 10.1. The minimum atomic E-state index is -0.469. The largest absolute Gasteiger partial charge is 0.453 e. The maximum atomic E-state index is 11.2. The molecule has 0 heterocycles. The molecule has 0 fully saturated rings. The average Bonchev–Trinajstić information content (AvgIpc) is 2.63. The number of rotatable bonds is 9. The van der Waals surface area contributed by atoms with E-state index in [2.05, 4.69) is 39.5 Å². The van der Waals surface area contributed by atoms with Crippen LogP contribution in [0.5, 0.6) is 0 Å². The predicted octanol–water partition coefficient (Wildman–Crippen LogP) is 4.51. The molecular formula is C19H33IN4O2. The molecule has 6 nitrogen and oxygen atoms in total. The van der Waals surface area contributed by atoms with Crippen molar-refractivity contribution in [1.82, 2.24) is 10.6 Å². The first kappa shape index (κ1) is 24.5. The number of nitrogens with one attached hydrogen (secondary N) is 3. The molecule has 1 aromatic carbocycles. The van der Waals surface area contributed by atoms with Gasteiger partial charge in [-0.15, -0.1) is 24.0 Å². The van der Waals surface area contributed by atoms with E-state index in [1.165, 1.54) is 32.8 Å². The summed E-state index contributed by atoms with van der Waals surface area (Å²) in [5, 5.41) is 9.37. The highest BCUT2D eigenvalue weighted by atomic mass is 127. The topological polar surface area (TPSA) is 74.8 Å². The van der Waals surface area contributed by atoms with Gasteiger partial charge in [0.15, 0.2) is 5.96 Å². The van der Waals surface area contributed by atoms with Crippen molar-refractivity contribution in [3.8, 4) is 0 Å². The number of hydrogen-bond donors (Lipinski definition) is 3. The van der Waals surface area contributed by atoms with Crippen LogP contribution in [0.25, 0.3) is 0 Å². The Morgan fingerprint density at radius 1 is 1.19 bits per heavy atom. The summed E-state index contributed by atoms with van der Waals surface area (Å²) in [4.78, 5) is 15.4. The fourth-order valence-electron chi connectivity index (χ4n) is 2.44. The number of benzene rings is 1. The van der Waals surface area contributed by atoms with Crippen LogP contribution in [0.3, 0.4) is 0 Å². The molecule has 0 bridgehead atoms. The second-order valence-electron chi connectivity index (χ2n) is 6.13. The lowest BCUT2D eigenvalue weighted by Crippen LogP contribution is -2.41. The first-order valence-corrected chi connectivity index (χ1v) is 9.00. The number of methoxy groups -OCH3 is 1. The molecule has 148 valence electrons. The molecule has 0 aliphatic rings. The summed E-state index contributed by atoms with van der Waals surface area (Å²) >= 11 is 0. The van der Waals surface area contributed by atoms with Crippen molar-refractivity contribution in [2.45, 2.75) is 58.5 Å². The SMILES string of the molecule is CCCCCCC(C)NC(=NC)NCc1ccc(NC(=O)OC)cc1.I. The van der Waals surface area contributed by atoms with E-state index in [9.17, 15) is 4.79 Å². The van der Waals surface area contributed by atoms with E-state index < -0.39 is 6.09 Å². The van der Waals surface area contributed by atoms with Crippen LogP contribution in [0.1, 0.15) is 51.5 Å². The van der Waals surface area contributed by atoms with E-state index in [4.69, 9.17) is 0 Å². The van der Waals surface area contributed by atoms with Gasteiger partial charge in [-0.05, 0) is 31.0 Å². The fourth-order valence-corrected chi connectivity index (χ4v) is 2.44. The van der Waals surface area contributed by atoms with Crippen molar-refractivity contribution < 1.29 is 9.53 Å². The Morgan fingerprint density at radius 3 is 2.46 bits per heavy atom. The number of anilines is 1. The summed E-state index contributed by atoms with van der Waals surface area (Å²) in [7, 11) is 3.12. The first-order valence-electron chi connectivity index (χ1n) is 9.00. The van der Waals surface area contributed by atoms with E-state index in [1.807, 2.05) is 24.3 Å². The number of halogens is 1. The standard InChI is InChI=1S/C19H32N4O2.HI/c1-5-6-7-8-9-15(2)22-18(20-3)21-14-16-10-12-17(13-11-16)23-19(24)25-4;/h10-13,15H,5-9,14H2,1-4H3,(H,23,24)(H2,20,21,22);1H. The van der Waals surface area contributed by atoms with E-state index >= 15 is 0 Å². The second-order valence-corrected chi connectivity index (χ2v) is 6.13. The van der Waals surface area contributed by atoms with Crippen molar-refractivity contribution >= 4 is 41.7 Å². The van der Waals surface area contributed by atoms with Crippen LogP contribution in [-0.2, 0) is 11.3 Å². The van der Waals surface area contributed by atoms with Gasteiger partial charge in [0.2, 0.25) is 0 Å². The Balaban J connectivity index is 0.00000625. The van der Waals surface area contributed by atoms with E-state index in [1.54, 1.807) is 7.05 Å². The Morgan fingerprint density at radius 2 is 1.88 bits per heavy atom. The molecule has 0 radical (unpaired) electrons. The molecule has 7 heteroatoms. The lowest BCUT2D eigenvalue weighted by Gasteiger charge is -2.18. The maximum Gasteiger partial charge on any atom is 0.411 e. The Labute approximate surface area is 174 Å². The summed E-state index contributed by atoms with van der Waals surface area (Å²) in [5.74, 6) is 0.805. The normalized spacial score (nSPS) is 11.9. The molecule has 1 unspecified atom stereocenters. The monoisotopic (exact) mass is 476 g/mol. The number of aliphatic imine (C=N–C) groups is 1.